The first-order valence-electron chi connectivity index (χ1n) is 7.46. The highest BCUT2D eigenvalue weighted by Crippen LogP contribution is 2.34. The smallest absolute Gasteiger partial charge is 0.152 e. The number of rotatable bonds is 2. The largest absolute Gasteiger partial charge is 0.382 e. The van der Waals surface area contributed by atoms with Gasteiger partial charge in [-0.3, -0.25) is 4.68 Å². The number of hydrogen-bond donors (Lipinski definition) is 1. The molecular formula is C15H18N6. The van der Waals surface area contributed by atoms with E-state index in [0.29, 0.717) is 11.9 Å². The highest BCUT2D eigenvalue weighted by atomic mass is 15.3. The van der Waals surface area contributed by atoms with E-state index in [4.69, 9.17) is 5.73 Å². The molecule has 1 fully saturated rings. The van der Waals surface area contributed by atoms with Gasteiger partial charge < -0.3 is 5.73 Å². The lowest BCUT2D eigenvalue weighted by molar-refractivity contribution is 0.332. The summed E-state index contributed by atoms with van der Waals surface area (Å²) >= 11 is 0. The number of nitrogen functional groups attached to an aromatic ring is 1. The van der Waals surface area contributed by atoms with Crippen LogP contribution in [0.2, 0.25) is 0 Å². The lowest BCUT2D eigenvalue weighted by Gasteiger charge is -2.23. The van der Waals surface area contributed by atoms with Crippen LogP contribution in [0.15, 0.2) is 30.9 Å². The molecule has 3 aromatic heterocycles. The highest BCUT2D eigenvalue weighted by Gasteiger charge is 2.21. The van der Waals surface area contributed by atoms with E-state index < -0.39 is 0 Å². The predicted octanol–water partition coefficient (Wildman–Crippen LogP) is 2.68. The Labute approximate surface area is 122 Å². The van der Waals surface area contributed by atoms with E-state index in [1.54, 1.807) is 4.52 Å². The van der Waals surface area contributed by atoms with Crippen LogP contribution >= 0.6 is 0 Å². The van der Waals surface area contributed by atoms with E-state index in [0.717, 1.165) is 16.8 Å². The van der Waals surface area contributed by atoms with E-state index in [2.05, 4.69) is 25.9 Å². The molecule has 0 amide bonds. The molecule has 0 atom stereocenters. The molecular weight excluding hydrogens is 264 g/mol. The van der Waals surface area contributed by atoms with Gasteiger partial charge in [0.2, 0.25) is 0 Å². The average Bonchev–Trinajstić information content (AvgIpc) is 3.15. The van der Waals surface area contributed by atoms with Gasteiger partial charge in [0.15, 0.2) is 5.82 Å². The molecule has 0 aliphatic heterocycles. The van der Waals surface area contributed by atoms with Crippen LogP contribution in [0.3, 0.4) is 0 Å². The van der Waals surface area contributed by atoms with Crippen LogP contribution in [0.4, 0.5) is 5.82 Å². The Kier molecular flexibility index (Phi) is 2.87. The van der Waals surface area contributed by atoms with E-state index in [1.807, 2.05) is 18.5 Å². The van der Waals surface area contributed by atoms with Crippen LogP contribution < -0.4 is 5.73 Å². The Bertz CT molecular complexity index is 765. The number of aromatic nitrogens is 5. The molecule has 0 radical (unpaired) electrons. The van der Waals surface area contributed by atoms with Crippen molar-refractivity contribution in [1.29, 1.82) is 0 Å². The second-order valence-corrected chi connectivity index (χ2v) is 5.62. The maximum atomic E-state index is 6.03. The zero-order valence-corrected chi connectivity index (χ0v) is 11.8. The fourth-order valence-electron chi connectivity index (χ4n) is 3.33. The first-order chi connectivity index (χ1) is 10.3. The van der Waals surface area contributed by atoms with Crippen LogP contribution in [-0.4, -0.2) is 24.4 Å². The molecule has 108 valence electrons. The number of nitrogens with zero attached hydrogens (tertiary/aromatic N) is 5. The Balaban J connectivity index is 1.84. The molecule has 0 spiro atoms. The van der Waals surface area contributed by atoms with E-state index in [-0.39, 0.29) is 0 Å². The molecule has 3 aromatic rings. The number of anilines is 1. The molecule has 0 aromatic carbocycles. The van der Waals surface area contributed by atoms with Crippen LogP contribution in [0.25, 0.3) is 16.8 Å². The van der Waals surface area contributed by atoms with Crippen molar-refractivity contribution in [1.82, 2.24) is 24.4 Å². The van der Waals surface area contributed by atoms with Gasteiger partial charge >= 0.3 is 0 Å². The second kappa shape index (κ2) is 4.87. The number of hydrogen-bond acceptors (Lipinski definition) is 4. The van der Waals surface area contributed by atoms with Gasteiger partial charge in [0.25, 0.3) is 0 Å². The summed E-state index contributed by atoms with van der Waals surface area (Å²) in [7, 11) is 0. The van der Waals surface area contributed by atoms with Crippen molar-refractivity contribution in [3.8, 4) is 11.3 Å². The summed E-state index contributed by atoms with van der Waals surface area (Å²) in [5, 5.41) is 8.77. The third-order valence-electron chi connectivity index (χ3n) is 4.35. The molecule has 3 heterocycles. The summed E-state index contributed by atoms with van der Waals surface area (Å²) in [6.45, 7) is 0. The summed E-state index contributed by atoms with van der Waals surface area (Å²) in [6, 6.07) is 4.58. The Hall–Kier alpha value is -2.37. The van der Waals surface area contributed by atoms with Gasteiger partial charge in [-0.15, -0.1) is 0 Å². The Morgan fingerprint density at radius 1 is 1.10 bits per heavy atom. The highest BCUT2D eigenvalue weighted by molar-refractivity contribution is 5.86. The minimum atomic E-state index is 0.490. The van der Waals surface area contributed by atoms with E-state index in [9.17, 15) is 0 Å². The average molecular weight is 282 g/mol. The van der Waals surface area contributed by atoms with Gasteiger partial charge in [0, 0.05) is 18.0 Å². The SMILES string of the molecule is Nc1ncnn2ccc(-c3ccnn3C3CCCCC3)c12. The van der Waals surface area contributed by atoms with Gasteiger partial charge in [0.05, 0.1) is 11.7 Å². The lowest BCUT2D eigenvalue weighted by Crippen LogP contribution is -2.15. The zero-order chi connectivity index (χ0) is 14.2. The van der Waals surface area contributed by atoms with Gasteiger partial charge in [-0.25, -0.2) is 9.50 Å². The predicted molar refractivity (Wildman–Crippen MR) is 80.7 cm³/mol. The van der Waals surface area contributed by atoms with Crippen molar-refractivity contribution in [2.45, 2.75) is 38.1 Å². The van der Waals surface area contributed by atoms with Crippen molar-refractivity contribution in [2.75, 3.05) is 5.73 Å². The first-order valence-corrected chi connectivity index (χ1v) is 7.46. The molecule has 6 nitrogen and oxygen atoms in total. The van der Waals surface area contributed by atoms with Gasteiger partial charge in [-0.05, 0) is 25.0 Å². The third-order valence-corrected chi connectivity index (χ3v) is 4.35. The van der Waals surface area contributed by atoms with Crippen molar-refractivity contribution in [3.05, 3.63) is 30.9 Å². The van der Waals surface area contributed by atoms with Gasteiger partial charge in [0.1, 0.15) is 11.8 Å². The van der Waals surface area contributed by atoms with Crippen LogP contribution in [0.1, 0.15) is 38.1 Å². The quantitative estimate of drug-likeness (QED) is 0.784. The zero-order valence-electron chi connectivity index (χ0n) is 11.8. The fourth-order valence-corrected chi connectivity index (χ4v) is 3.33. The van der Waals surface area contributed by atoms with E-state index in [1.165, 1.54) is 38.4 Å². The normalized spacial score (nSPS) is 16.6. The molecule has 2 N–H and O–H groups in total. The van der Waals surface area contributed by atoms with Crippen LogP contribution in [-0.2, 0) is 0 Å². The monoisotopic (exact) mass is 282 g/mol. The third kappa shape index (κ3) is 1.98. The summed E-state index contributed by atoms with van der Waals surface area (Å²) in [5.74, 6) is 0.501. The standard InChI is InChI=1S/C15H18N6/c16-15-14-12(7-9-20(14)19-10-17-15)13-6-8-18-21(13)11-4-2-1-3-5-11/h6-11H,1-5H2,(H2,16,17,19). The van der Waals surface area contributed by atoms with Crippen LogP contribution in [0.5, 0.6) is 0 Å². The second-order valence-electron chi connectivity index (χ2n) is 5.62. The fraction of sp³-hybridized carbons (Fsp3) is 0.400. The van der Waals surface area contributed by atoms with Crippen molar-refractivity contribution in [2.24, 2.45) is 0 Å². The molecule has 1 aliphatic rings. The summed E-state index contributed by atoms with van der Waals surface area (Å²) < 4.78 is 3.93. The summed E-state index contributed by atoms with van der Waals surface area (Å²) in [4.78, 5) is 4.11. The molecule has 0 unspecified atom stereocenters. The van der Waals surface area contributed by atoms with Crippen molar-refractivity contribution < 1.29 is 0 Å². The van der Waals surface area contributed by atoms with Crippen molar-refractivity contribution in [3.63, 3.8) is 0 Å². The molecule has 21 heavy (non-hydrogen) atoms. The minimum Gasteiger partial charge on any atom is -0.382 e. The lowest BCUT2D eigenvalue weighted by atomic mass is 9.95. The number of nitrogens with two attached hydrogens (primary N) is 1. The molecule has 4 rings (SSSR count). The maximum Gasteiger partial charge on any atom is 0.152 e. The number of fused-ring (bicyclic) bond motifs is 1. The topological polar surface area (TPSA) is 74.0 Å². The van der Waals surface area contributed by atoms with Crippen molar-refractivity contribution >= 4 is 11.3 Å². The Morgan fingerprint density at radius 2 is 1.95 bits per heavy atom. The maximum absolute atomic E-state index is 6.03. The van der Waals surface area contributed by atoms with Gasteiger partial charge in [-0.1, -0.05) is 19.3 Å². The first kappa shape index (κ1) is 12.4. The molecule has 1 saturated carbocycles. The molecule has 0 bridgehead atoms. The minimum absolute atomic E-state index is 0.490. The summed E-state index contributed by atoms with van der Waals surface area (Å²) in [5.41, 5.74) is 9.05. The molecule has 1 aliphatic carbocycles. The Morgan fingerprint density at radius 3 is 2.81 bits per heavy atom. The molecule has 0 saturated heterocycles. The van der Waals surface area contributed by atoms with Crippen LogP contribution in [0, 0.1) is 0 Å². The summed E-state index contributed by atoms with van der Waals surface area (Å²) in [6.07, 6.45) is 11.6. The van der Waals surface area contributed by atoms with E-state index >= 15 is 0 Å². The van der Waals surface area contributed by atoms with Gasteiger partial charge in [-0.2, -0.15) is 10.2 Å². The molecule has 6 heteroatoms.